The number of aliphatic carboxylic acids is 1. The zero-order valence-corrected chi connectivity index (χ0v) is 24.8. The molecular formula is C32H47N2O6-. The van der Waals surface area contributed by atoms with E-state index < -0.39 is 23.5 Å². The number of nitrogens with one attached hydrogen (secondary N) is 1. The average Bonchev–Trinajstić information content (AvgIpc) is 3.11. The Morgan fingerprint density at radius 2 is 1.90 bits per heavy atom. The summed E-state index contributed by atoms with van der Waals surface area (Å²) in [4.78, 5) is 29.5. The van der Waals surface area contributed by atoms with Crippen molar-refractivity contribution in [3.05, 3.63) is 23.8 Å². The van der Waals surface area contributed by atoms with Gasteiger partial charge in [-0.25, -0.2) is 0 Å². The molecule has 0 aromatic carbocycles. The summed E-state index contributed by atoms with van der Waals surface area (Å²) < 4.78 is 5.75. The Morgan fingerprint density at radius 1 is 1.15 bits per heavy atom. The van der Waals surface area contributed by atoms with Crippen LogP contribution in [0.2, 0.25) is 0 Å². The molecule has 8 nitrogen and oxygen atoms in total. The second kappa shape index (κ2) is 10.6. The van der Waals surface area contributed by atoms with Crippen molar-refractivity contribution in [3.8, 4) is 0 Å². The van der Waals surface area contributed by atoms with Crippen molar-refractivity contribution in [1.82, 2.24) is 5.32 Å². The van der Waals surface area contributed by atoms with E-state index in [1.165, 1.54) is 5.57 Å². The Balaban J connectivity index is 1.19. The highest BCUT2D eigenvalue weighted by atomic mass is 16.6. The molecule has 4 aliphatic carbocycles. The lowest BCUT2D eigenvalue weighted by Crippen LogP contribution is -2.53. The molecule has 0 aromatic rings. The number of carbonyl (C=O) groups excluding carboxylic acids is 2. The van der Waals surface area contributed by atoms with E-state index >= 15 is 0 Å². The zero-order valence-electron chi connectivity index (χ0n) is 24.8. The Bertz CT molecular complexity index is 1110. The number of carboxylic acid groups (broad SMARTS) is 1. The van der Waals surface area contributed by atoms with Gasteiger partial charge in [-0.1, -0.05) is 30.7 Å². The second-order valence-corrected chi connectivity index (χ2v) is 14.4. The Hall–Kier alpha value is -2.19. The van der Waals surface area contributed by atoms with Crippen molar-refractivity contribution < 1.29 is 29.4 Å². The van der Waals surface area contributed by atoms with Gasteiger partial charge in [0.25, 0.3) is 5.91 Å². The largest absolute Gasteiger partial charge is 0.550 e. The Kier molecular flexibility index (Phi) is 7.75. The molecule has 8 heteroatoms. The monoisotopic (exact) mass is 555 g/mol. The zero-order chi connectivity index (χ0) is 28.9. The lowest BCUT2D eigenvalue weighted by Gasteiger charge is -2.58. The molecule has 0 unspecified atom stereocenters. The average molecular weight is 556 g/mol. The number of oxime groups is 1. The SMILES string of the molecule is CC1(C)C[C@H]([C@H](CC(=O)[O-])NC(=O)CO/N=C2/C=C[C@]3(C)C(=C2)CC[C@H]2[C@H]4CC[C@@](C)(O)[C@@]4(C)CC[C@H]23)CCO1. The van der Waals surface area contributed by atoms with Crippen LogP contribution in [-0.4, -0.2) is 53.2 Å². The highest BCUT2D eigenvalue weighted by molar-refractivity contribution is 6.05. The van der Waals surface area contributed by atoms with E-state index in [4.69, 9.17) is 9.57 Å². The molecule has 4 fully saturated rings. The van der Waals surface area contributed by atoms with Gasteiger partial charge in [-0.2, -0.15) is 0 Å². The fraction of sp³-hybridized carbons (Fsp3) is 0.781. The first-order valence-electron chi connectivity index (χ1n) is 15.2. The van der Waals surface area contributed by atoms with Crippen molar-refractivity contribution in [2.45, 2.75) is 110 Å². The van der Waals surface area contributed by atoms with Gasteiger partial charge in [0.1, 0.15) is 5.71 Å². The molecule has 0 aromatic heterocycles. The molecule has 1 heterocycles. The molecule has 0 radical (unpaired) electrons. The van der Waals surface area contributed by atoms with E-state index in [2.05, 4.69) is 36.5 Å². The van der Waals surface area contributed by atoms with Crippen LogP contribution in [0.1, 0.15) is 92.4 Å². The third-order valence-corrected chi connectivity index (χ3v) is 11.5. The van der Waals surface area contributed by atoms with Gasteiger partial charge < -0.3 is 29.9 Å². The molecule has 1 saturated heterocycles. The lowest BCUT2D eigenvalue weighted by molar-refractivity contribution is -0.306. The van der Waals surface area contributed by atoms with E-state index in [9.17, 15) is 19.8 Å². The lowest BCUT2D eigenvalue weighted by atomic mass is 9.47. The summed E-state index contributed by atoms with van der Waals surface area (Å²) >= 11 is 0. The minimum absolute atomic E-state index is 0.00606. The molecular weight excluding hydrogens is 508 g/mol. The number of rotatable bonds is 7. The second-order valence-electron chi connectivity index (χ2n) is 14.4. The van der Waals surface area contributed by atoms with Crippen LogP contribution < -0.4 is 10.4 Å². The normalized spacial score (nSPS) is 41.8. The Morgan fingerprint density at radius 3 is 2.62 bits per heavy atom. The van der Waals surface area contributed by atoms with Gasteiger partial charge in [-0.15, -0.1) is 0 Å². The number of carboxylic acids is 1. The summed E-state index contributed by atoms with van der Waals surface area (Å²) in [5.74, 6) is 0.151. The van der Waals surface area contributed by atoms with E-state index in [1.807, 2.05) is 26.8 Å². The van der Waals surface area contributed by atoms with E-state index in [1.54, 1.807) is 0 Å². The first-order chi connectivity index (χ1) is 18.7. The predicted molar refractivity (Wildman–Crippen MR) is 150 cm³/mol. The number of ether oxygens (including phenoxy) is 1. The maximum absolute atomic E-state index is 12.7. The smallest absolute Gasteiger partial charge is 0.261 e. The van der Waals surface area contributed by atoms with Gasteiger partial charge in [0, 0.05) is 30.5 Å². The van der Waals surface area contributed by atoms with Crippen LogP contribution in [0.5, 0.6) is 0 Å². The summed E-state index contributed by atoms with van der Waals surface area (Å²) in [5.41, 5.74) is 1.12. The van der Waals surface area contributed by atoms with Crippen molar-refractivity contribution in [3.63, 3.8) is 0 Å². The van der Waals surface area contributed by atoms with Gasteiger partial charge in [-0.05, 0) is 113 Å². The molecule has 0 spiro atoms. The van der Waals surface area contributed by atoms with Crippen molar-refractivity contribution in [2.24, 2.45) is 39.7 Å². The van der Waals surface area contributed by atoms with Crippen LogP contribution >= 0.6 is 0 Å². The molecule has 8 atom stereocenters. The Labute approximate surface area is 238 Å². The molecule has 222 valence electrons. The molecule has 1 aliphatic heterocycles. The number of aliphatic hydroxyl groups is 1. The third-order valence-electron chi connectivity index (χ3n) is 11.5. The van der Waals surface area contributed by atoms with Crippen LogP contribution in [0.25, 0.3) is 0 Å². The van der Waals surface area contributed by atoms with Crippen molar-refractivity contribution in [2.75, 3.05) is 13.2 Å². The highest BCUT2D eigenvalue weighted by Gasteiger charge is 2.62. The van der Waals surface area contributed by atoms with E-state index in [0.29, 0.717) is 42.9 Å². The van der Waals surface area contributed by atoms with Gasteiger partial charge >= 0.3 is 0 Å². The number of hydrogen-bond acceptors (Lipinski definition) is 7. The maximum Gasteiger partial charge on any atom is 0.261 e. The van der Waals surface area contributed by atoms with Crippen LogP contribution in [0.3, 0.4) is 0 Å². The van der Waals surface area contributed by atoms with Gasteiger partial charge in [-0.3, -0.25) is 4.79 Å². The van der Waals surface area contributed by atoms with Crippen LogP contribution in [-0.2, 0) is 19.2 Å². The van der Waals surface area contributed by atoms with Crippen LogP contribution in [0.15, 0.2) is 29.0 Å². The van der Waals surface area contributed by atoms with Crippen LogP contribution in [0, 0.1) is 34.5 Å². The molecule has 3 saturated carbocycles. The number of nitrogens with zero attached hydrogens (tertiary/aromatic N) is 1. The van der Waals surface area contributed by atoms with Crippen molar-refractivity contribution >= 4 is 17.6 Å². The van der Waals surface area contributed by atoms with E-state index in [0.717, 1.165) is 38.5 Å². The maximum atomic E-state index is 12.7. The fourth-order valence-corrected chi connectivity index (χ4v) is 9.06. The highest BCUT2D eigenvalue weighted by Crippen LogP contribution is 2.66. The molecule has 1 amide bonds. The van der Waals surface area contributed by atoms with Gasteiger partial charge in [0.2, 0.25) is 0 Å². The first kappa shape index (κ1) is 29.3. The van der Waals surface area contributed by atoms with Crippen LogP contribution in [0.4, 0.5) is 0 Å². The minimum atomic E-state index is -1.19. The van der Waals surface area contributed by atoms with Gasteiger partial charge in [0.15, 0.2) is 6.61 Å². The molecule has 0 bridgehead atoms. The molecule has 40 heavy (non-hydrogen) atoms. The summed E-state index contributed by atoms with van der Waals surface area (Å²) in [5, 5.41) is 29.6. The number of fused-ring (bicyclic) bond motifs is 5. The number of hydrogen-bond donors (Lipinski definition) is 2. The summed E-state index contributed by atoms with van der Waals surface area (Å²) in [7, 11) is 0. The summed E-state index contributed by atoms with van der Waals surface area (Å²) in [6, 6.07) is -0.537. The molecule has 2 N–H and O–H groups in total. The van der Waals surface area contributed by atoms with Gasteiger partial charge in [0.05, 0.1) is 11.2 Å². The quantitative estimate of drug-likeness (QED) is 0.463. The number of amides is 1. The minimum Gasteiger partial charge on any atom is -0.550 e. The fourth-order valence-electron chi connectivity index (χ4n) is 9.06. The van der Waals surface area contributed by atoms with Crippen molar-refractivity contribution in [1.29, 1.82) is 0 Å². The molecule has 5 rings (SSSR count). The molecule has 5 aliphatic rings. The third kappa shape index (κ3) is 5.38. The topological polar surface area (TPSA) is 120 Å². The number of allylic oxidation sites excluding steroid dienone is 4. The number of carbonyl (C=O) groups is 2. The predicted octanol–water partition coefficient (Wildman–Crippen LogP) is 3.68. The first-order valence-corrected chi connectivity index (χ1v) is 15.2. The summed E-state index contributed by atoms with van der Waals surface area (Å²) in [6.07, 6.45) is 13.8. The summed E-state index contributed by atoms with van der Waals surface area (Å²) in [6.45, 7) is 10.9. The van der Waals surface area contributed by atoms with E-state index in [-0.39, 0.29) is 35.4 Å². The standard InChI is InChI=1S/C32H48N2O6/c1-29(2)18-20(11-15-39-29)26(17-28(36)37)33-27(35)19-40-34-22-8-12-30(3)21(16-22)6-7-23-24(30)9-13-31(4)25(23)10-14-32(31,5)38/h8,12,16,20,23-26,38H,6-7,9-11,13-15,17-19H2,1-5H3,(H,33,35)(H,36,37)/p-1/b34-22-/t20-,23-,24-,25-,26+,30-,31+,32-/m1/s1.